The van der Waals surface area contributed by atoms with Gasteiger partial charge in [-0.25, -0.2) is 0 Å². The Kier molecular flexibility index (Phi) is 3.17. The molecule has 5 heteroatoms. The Morgan fingerprint density at radius 3 is 2.76 bits per heavy atom. The van der Waals surface area contributed by atoms with Gasteiger partial charge in [0.15, 0.2) is 0 Å². The maximum Gasteiger partial charge on any atom is 0.416 e. The molecule has 0 saturated carbocycles. The number of halogens is 3. The summed E-state index contributed by atoms with van der Waals surface area (Å²) in [5, 5.41) is 3.94. The summed E-state index contributed by atoms with van der Waals surface area (Å²) in [7, 11) is 0. The highest BCUT2D eigenvalue weighted by Crippen LogP contribution is 2.29. The van der Waals surface area contributed by atoms with Gasteiger partial charge in [-0.1, -0.05) is 18.2 Å². The Labute approximate surface area is 96.7 Å². The molecule has 1 aromatic carbocycles. The van der Waals surface area contributed by atoms with Gasteiger partial charge in [-0.15, -0.1) is 0 Å². The Morgan fingerprint density at radius 1 is 1.29 bits per heavy atom. The van der Waals surface area contributed by atoms with E-state index < -0.39 is 11.7 Å². The van der Waals surface area contributed by atoms with Gasteiger partial charge in [-0.2, -0.15) is 18.3 Å². The molecule has 0 saturated heterocycles. The second kappa shape index (κ2) is 4.61. The lowest BCUT2D eigenvalue weighted by Crippen LogP contribution is -2.06. The van der Waals surface area contributed by atoms with Crippen molar-refractivity contribution in [2.24, 2.45) is 0 Å². The predicted octanol–water partition coefficient (Wildman–Crippen LogP) is 2.94. The minimum Gasteiger partial charge on any atom is -0.272 e. The predicted molar refractivity (Wildman–Crippen MR) is 56.2 cm³/mol. The first-order chi connectivity index (χ1) is 8.05. The van der Waals surface area contributed by atoms with Crippen LogP contribution >= 0.6 is 0 Å². The zero-order valence-corrected chi connectivity index (χ0v) is 8.91. The van der Waals surface area contributed by atoms with Crippen molar-refractivity contribution < 1.29 is 13.2 Å². The number of nitrogens with zero attached hydrogens (tertiary/aromatic N) is 2. The van der Waals surface area contributed by atoms with Crippen LogP contribution < -0.4 is 0 Å². The van der Waals surface area contributed by atoms with Crippen LogP contribution in [-0.4, -0.2) is 9.78 Å². The minimum absolute atomic E-state index is 0.513. The van der Waals surface area contributed by atoms with Gasteiger partial charge in [0.2, 0.25) is 0 Å². The minimum atomic E-state index is -4.28. The van der Waals surface area contributed by atoms with Crippen LogP contribution in [0.4, 0.5) is 13.2 Å². The summed E-state index contributed by atoms with van der Waals surface area (Å²) in [5.74, 6) is 0. The molecule has 17 heavy (non-hydrogen) atoms. The molecule has 0 spiro atoms. The van der Waals surface area contributed by atoms with E-state index in [0.29, 0.717) is 18.5 Å². The molecule has 0 N–H and O–H groups in total. The third-order valence-corrected chi connectivity index (χ3v) is 2.39. The van der Waals surface area contributed by atoms with Crippen LogP contribution in [0, 0.1) is 6.07 Å². The lowest BCUT2D eigenvalue weighted by atomic mass is 10.1. The highest BCUT2D eigenvalue weighted by Gasteiger charge is 2.30. The number of benzene rings is 1. The molecule has 0 unspecified atom stereocenters. The molecular weight excluding hydrogens is 229 g/mol. The Balaban J connectivity index is 2.07. The van der Waals surface area contributed by atoms with Crippen molar-refractivity contribution in [2.75, 3.05) is 0 Å². The Hall–Kier alpha value is -1.78. The highest BCUT2D eigenvalue weighted by atomic mass is 19.4. The normalized spacial score (nSPS) is 11.7. The van der Waals surface area contributed by atoms with Crippen molar-refractivity contribution in [3.8, 4) is 0 Å². The number of rotatable bonds is 3. The third-order valence-electron chi connectivity index (χ3n) is 2.39. The van der Waals surface area contributed by atoms with E-state index in [9.17, 15) is 13.2 Å². The fraction of sp³-hybridized carbons (Fsp3) is 0.250. The number of hydrogen-bond acceptors (Lipinski definition) is 1. The molecule has 1 radical (unpaired) electrons. The maximum absolute atomic E-state index is 12.5. The van der Waals surface area contributed by atoms with Crippen molar-refractivity contribution >= 4 is 0 Å². The molecule has 0 bridgehead atoms. The topological polar surface area (TPSA) is 17.8 Å². The SMILES string of the molecule is FC(F)(F)c1cccc(CCn2c[c]cn2)c1. The van der Waals surface area contributed by atoms with E-state index in [1.165, 1.54) is 18.3 Å². The number of aromatic nitrogens is 2. The van der Waals surface area contributed by atoms with Gasteiger partial charge in [-0.05, 0) is 18.1 Å². The van der Waals surface area contributed by atoms with Crippen LogP contribution in [0.5, 0.6) is 0 Å². The first kappa shape index (κ1) is 11.7. The van der Waals surface area contributed by atoms with Crippen molar-refractivity contribution in [3.05, 3.63) is 53.9 Å². The van der Waals surface area contributed by atoms with E-state index in [4.69, 9.17) is 0 Å². The molecule has 2 nitrogen and oxygen atoms in total. The molecule has 0 aliphatic rings. The molecule has 1 aromatic heterocycles. The summed E-state index contributed by atoms with van der Waals surface area (Å²) in [6.07, 6.45) is -0.589. The van der Waals surface area contributed by atoms with E-state index in [1.807, 2.05) is 0 Å². The molecule has 2 aromatic rings. The zero-order chi connectivity index (χ0) is 12.3. The average Bonchev–Trinajstić information content (AvgIpc) is 2.78. The van der Waals surface area contributed by atoms with Gasteiger partial charge >= 0.3 is 6.18 Å². The number of alkyl halides is 3. The second-order valence-corrected chi connectivity index (χ2v) is 3.65. The van der Waals surface area contributed by atoms with Crippen LogP contribution in [0.25, 0.3) is 0 Å². The van der Waals surface area contributed by atoms with Crippen molar-refractivity contribution in [2.45, 2.75) is 19.1 Å². The lowest BCUT2D eigenvalue weighted by Gasteiger charge is -2.08. The molecule has 2 rings (SSSR count). The van der Waals surface area contributed by atoms with Crippen molar-refractivity contribution in [3.63, 3.8) is 0 Å². The summed E-state index contributed by atoms with van der Waals surface area (Å²) >= 11 is 0. The zero-order valence-electron chi connectivity index (χ0n) is 8.91. The van der Waals surface area contributed by atoms with Gasteiger partial charge in [0.05, 0.1) is 11.8 Å². The lowest BCUT2D eigenvalue weighted by molar-refractivity contribution is -0.137. The first-order valence-corrected chi connectivity index (χ1v) is 5.10. The van der Waals surface area contributed by atoms with Gasteiger partial charge < -0.3 is 0 Å². The maximum atomic E-state index is 12.5. The second-order valence-electron chi connectivity index (χ2n) is 3.65. The van der Waals surface area contributed by atoms with Crippen LogP contribution in [0.3, 0.4) is 0 Å². The van der Waals surface area contributed by atoms with Crippen LogP contribution in [0.15, 0.2) is 36.7 Å². The molecule has 0 aliphatic heterocycles. The standard InChI is InChI=1S/C12H10F3N2/c13-12(14,15)11-4-1-3-10(9-11)5-8-17-7-2-6-16-17/h1,3-4,6-7,9H,5,8H2. The van der Waals surface area contributed by atoms with Gasteiger partial charge in [0.25, 0.3) is 0 Å². The third kappa shape index (κ3) is 3.09. The summed E-state index contributed by atoms with van der Waals surface area (Å²) in [4.78, 5) is 0. The number of hydrogen-bond donors (Lipinski definition) is 0. The fourth-order valence-electron chi connectivity index (χ4n) is 1.53. The highest BCUT2D eigenvalue weighted by molar-refractivity contribution is 5.25. The van der Waals surface area contributed by atoms with E-state index in [-0.39, 0.29) is 0 Å². The molecular formula is C12H10F3N2. The van der Waals surface area contributed by atoms with Gasteiger partial charge in [0.1, 0.15) is 0 Å². The van der Waals surface area contributed by atoms with E-state index >= 15 is 0 Å². The monoisotopic (exact) mass is 239 g/mol. The van der Waals surface area contributed by atoms with Crippen LogP contribution in [-0.2, 0) is 19.1 Å². The summed E-state index contributed by atoms with van der Waals surface area (Å²) < 4.78 is 39.0. The molecule has 0 fully saturated rings. The summed E-state index contributed by atoms with van der Waals surface area (Å²) in [5.41, 5.74) is 0.0392. The Morgan fingerprint density at radius 2 is 2.12 bits per heavy atom. The molecule has 0 atom stereocenters. The van der Waals surface area contributed by atoms with Gasteiger partial charge in [-0.3, -0.25) is 4.68 Å². The van der Waals surface area contributed by atoms with E-state index in [0.717, 1.165) is 6.07 Å². The largest absolute Gasteiger partial charge is 0.416 e. The van der Waals surface area contributed by atoms with Gasteiger partial charge in [0, 0.05) is 18.8 Å². The quantitative estimate of drug-likeness (QED) is 0.805. The smallest absolute Gasteiger partial charge is 0.272 e. The first-order valence-electron chi connectivity index (χ1n) is 5.10. The van der Waals surface area contributed by atoms with Crippen LogP contribution in [0.1, 0.15) is 11.1 Å². The Bertz CT molecular complexity index is 475. The van der Waals surface area contributed by atoms with E-state index in [2.05, 4.69) is 11.2 Å². The summed E-state index contributed by atoms with van der Waals surface area (Å²) in [6, 6.07) is 8.13. The number of aryl methyl sites for hydroxylation is 2. The fourth-order valence-corrected chi connectivity index (χ4v) is 1.53. The summed E-state index contributed by atoms with van der Waals surface area (Å²) in [6.45, 7) is 0.546. The van der Waals surface area contributed by atoms with Crippen molar-refractivity contribution in [1.29, 1.82) is 0 Å². The molecule has 0 aliphatic carbocycles. The van der Waals surface area contributed by atoms with Crippen molar-refractivity contribution in [1.82, 2.24) is 9.78 Å². The average molecular weight is 239 g/mol. The van der Waals surface area contributed by atoms with Crippen LogP contribution in [0.2, 0.25) is 0 Å². The molecule has 89 valence electrons. The molecule has 1 heterocycles. The molecule has 0 amide bonds. The van der Waals surface area contributed by atoms with E-state index in [1.54, 1.807) is 16.9 Å².